The van der Waals surface area contributed by atoms with E-state index in [0.717, 1.165) is 11.1 Å². The summed E-state index contributed by atoms with van der Waals surface area (Å²) in [6, 6.07) is 7.62. The first-order chi connectivity index (χ1) is 6.22. The van der Waals surface area contributed by atoms with Crippen molar-refractivity contribution in [3.05, 3.63) is 34.4 Å². The second-order valence-corrected chi connectivity index (χ2v) is 3.24. The molecule has 0 saturated carbocycles. The zero-order valence-electron chi connectivity index (χ0n) is 7.13. The first kappa shape index (κ1) is 9.77. The Balaban J connectivity index is 3.39. The fraction of sp³-hybridized carbons (Fsp3) is 0.200. The van der Waals surface area contributed by atoms with E-state index in [2.05, 4.69) is 28.1 Å². The Hall–Kier alpha value is -1.32. The van der Waals surface area contributed by atoms with Gasteiger partial charge in [-0.25, -0.2) is 0 Å². The van der Waals surface area contributed by atoms with Crippen LogP contribution in [0, 0.1) is 29.6 Å². The Bertz CT molecular complexity index is 410. The molecule has 0 aromatic heterocycles. The molecule has 64 valence electrons. The van der Waals surface area contributed by atoms with E-state index >= 15 is 0 Å². The number of halogens is 1. The predicted molar refractivity (Wildman–Crippen MR) is 53.2 cm³/mol. The third-order valence-electron chi connectivity index (χ3n) is 1.84. The topological polar surface area (TPSA) is 47.6 Å². The van der Waals surface area contributed by atoms with Gasteiger partial charge in [-0.3, -0.25) is 0 Å². The van der Waals surface area contributed by atoms with Gasteiger partial charge in [0.25, 0.3) is 0 Å². The van der Waals surface area contributed by atoms with Gasteiger partial charge in [0.2, 0.25) is 0 Å². The molecule has 0 spiro atoms. The van der Waals surface area contributed by atoms with Crippen LogP contribution >= 0.6 is 15.9 Å². The van der Waals surface area contributed by atoms with Crippen LogP contribution in [0.25, 0.3) is 0 Å². The van der Waals surface area contributed by atoms with E-state index in [4.69, 9.17) is 10.5 Å². The second-order valence-electron chi connectivity index (χ2n) is 2.68. The molecule has 3 heteroatoms. The molecule has 0 saturated heterocycles. The van der Waals surface area contributed by atoms with Gasteiger partial charge in [0.05, 0.1) is 23.3 Å². The van der Waals surface area contributed by atoms with Gasteiger partial charge in [0, 0.05) is 5.33 Å². The number of alkyl halides is 1. The fourth-order valence-electron chi connectivity index (χ4n) is 1.10. The normalized spacial score (nSPS) is 8.92. The Morgan fingerprint density at radius 1 is 1.23 bits per heavy atom. The summed E-state index contributed by atoms with van der Waals surface area (Å²) < 4.78 is 0. The van der Waals surface area contributed by atoms with Gasteiger partial charge in [-0.1, -0.05) is 22.0 Å². The van der Waals surface area contributed by atoms with Crippen molar-refractivity contribution in [1.82, 2.24) is 0 Å². The van der Waals surface area contributed by atoms with Crippen molar-refractivity contribution in [2.45, 2.75) is 12.3 Å². The number of rotatable bonds is 1. The van der Waals surface area contributed by atoms with E-state index in [1.807, 2.05) is 13.0 Å². The maximum absolute atomic E-state index is 8.78. The maximum Gasteiger partial charge on any atom is 0.0995 e. The van der Waals surface area contributed by atoms with E-state index in [-0.39, 0.29) is 0 Å². The van der Waals surface area contributed by atoms with Crippen molar-refractivity contribution in [3.8, 4) is 12.1 Å². The summed E-state index contributed by atoms with van der Waals surface area (Å²) in [7, 11) is 0. The first-order valence-electron chi connectivity index (χ1n) is 3.72. The Kier molecular flexibility index (Phi) is 3.06. The van der Waals surface area contributed by atoms with E-state index in [9.17, 15) is 0 Å². The quantitative estimate of drug-likeness (QED) is 0.702. The molecule has 0 aliphatic rings. The fourth-order valence-corrected chi connectivity index (χ4v) is 1.57. The molecule has 2 nitrogen and oxygen atoms in total. The average Bonchev–Trinajstić information content (AvgIpc) is 2.17. The number of nitrogens with zero attached hydrogens (tertiary/aromatic N) is 2. The van der Waals surface area contributed by atoms with Gasteiger partial charge in [-0.15, -0.1) is 0 Å². The minimum atomic E-state index is 0.569. The molecule has 1 aromatic rings. The van der Waals surface area contributed by atoms with Crippen molar-refractivity contribution < 1.29 is 0 Å². The SMILES string of the molecule is Cc1cc(CBr)c(C#N)cc1C#N. The highest BCUT2D eigenvalue weighted by Gasteiger charge is 2.05. The molecule has 0 atom stereocenters. The van der Waals surface area contributed by atoms with E-state index < -0.39 is 0 Å². The maximum atomic E-state index is 8.78. The van der Waals surface area contributed by atoms with Crippen LogP contribution in [0.4, 0.5) is 0 Å². The lowest BCUT2D eigenvalue weighted by Crippen LogP contribution is -1.91. The van der Waals surface area contributed by atoms with E-state index in [0.29, 0.717) is 16.5 Å². The molecule has 0 heterocycles. The summed E-state index contributed by atoms with van der Waals surface area (Å²) >= 11 is 3.30. The number of aryl methyl sites for hydroxylation is 1. The lowest BCUT2D eigenvalue weighted by molar-refractivity contribution is 1.30. The Morgan fingerprint density at radius 2 is 1.85 bits per heavy atom. The van der Waals surface area contributed by atoms with Crippen LogP contribution in [0.2, 0.25) is 0 Å². The van der Waals surface area contributed by atoms with Crippen LogP contribution in [-0.2, 0) is 5.33 Å². The standard InChI is InChI=1S/C10H7BrN2/c1-7-2-8(4-11)10(6-13)3-9(7)5-12/h2-3H,4H2,1H3. The Labute approximate surface area is 85.5 Å². The van der Waals surface area contributed by atoms with Crippen LogP contribution in [0.15, 0.2) is 12.1 Å². The average molecular weight is 235 g/mol. The number of hydrogen-bond donors (Lipinski definition) is 0. The number of nitriles is 2. The summed E-state index contributed by atoms with van der Waals surface area (Å²) in [5, 5.41) is 18.2. The Morgan fingerprint density at radius 3 is 2.31 bits per heavy atom. The third kappa shape index (κ3) is 1.88. The highest BCUT2D eigenvalue weighted by Crippen LogP contribution is 2.17. The molecular weight excluding hydrogens is 228 g/mol. The number of benzene rings is 1. The van der Waals surface area contributed by atoms with Crippen molar-refractivity contribution in [2.75, 3.05) is 0 Å². The van der Waals surface area contributed by atoms with E-state index in [1.165, 1.54) is 0 Å². The molecule has 1 aromatic carbocycles. The van der Waals surface area contributed by atoms with Gasteiger partial charge in [0.15, 0.2) is 0 Å². The lowest BCUT2D eigenvalue weighted by Gasteiger charge is -2.02. The minimum absolute atomic E-state index is 0.569. The van der Waals surface area contributed by atoms with Crippen molar-refractivity contribution in [2.24, 2.45) is 0 Å². The van der Waals surface area contributed by atoms with Gasteiger partial charge in [-0.2, -0.15) is 10.5 Å². The summed E-state index contributed by atoms with van der Waals surface area (Å²) in [6.45, 7) is 1.87. The van der Waals surface area contributed by atoms with Gasteiger partial charge < -0.3 is 0 Å². The lowest BCUT2D eigenvalue weighted by atomic mass is 10.0. The molecule has 13 heavy (non-hydrogen) atoms. The van der Waals surface area contributed by atoms with Crippen molar-refractivity contribution >= 4 is 15.9 Å². The monoisotopic (exact) mass is 234 g/mol. The molecule has 0 bridgehead atoms. The molecule has 1 rings (SSSR count). The summed E-state index contributed by atoms with van der Waals surface area (Å²) in [4.78, 5) is 0. The zero-order chi connectivity index (χ0) is 9.84. The van der Waals surface area contributed by atoms with Crippen molar-refractivity contribution in [3.63, 3.8) is 0 Å². The first-order valence-corrected chi connectivity index (χ1v) is 4.84. The molecule has 0 unspecified atom stereocenters. The molecule has 0 amide bonds. The predicted octanol–water partition coefficient (Wildman–Crippen LogP) is 2.63. The highest BCUT2D eigenvalue weighted by atomic mass is 79.9. The van der Waals surface area contributed by atoms with Crippen molar-refractivity contribution in [1.29, 1.82) is 10.5 Å². The van der Waals surface area contributed by atoms with Crippen LogP contribution in [0.1, 0.15) is 22.3 Å². The third-order valence-corrected chi connectivity index (χ3v) is 2.44. The molecule has 0 aliphatic heterocycles. The van der Waals surface area contributed by atoms with Crippen LogP contribution in [-0.4, -0.2) is 0 Å². The number of hydrogen-bond acceptors (Lipinski definition) is 2. The molecule has 0 radical (unpaired) electrons. The summed E-state index contributed by atoms with van der Waals surface area (Å²) in [6.07, 6.45) is 0. The smallest absolute Gasteiger partial charge is 0.0995 e. The van der Waals surface area contributed by atoms with Crippen LogP contribution in [0.5, 0.6) is 0 Å². The summed E-state index contributed by atoms with van der Waals surface area (Å²) in [5.41, 5.74) is 2.98. The highest BCUT2D eigenvalue weighted by molar-refractivity contribution is 9.08. The molecule has 0 fully saturated rings. The zero-order valence-corrected chi connectivity index (χ0v) is 8.72. The molecular formula is C10H7BrN2. The largest absolute Gasteiger partial charge is 0.192 e. The summed E-state index contributed by atoms with van der Waals surface area (Å²) in [5.74, 6) is 0. The second kappa shape index (κ2) is 4.07. The van der Waals surface area contributed by atoms with E-state index in [1.54, 1.807) is 6.07 Å². The van der Waals surface area contributed by atoms with Crippen LogP contribution < -0.4 is 0 Å². The minimum Gasteiger partial charge on any atom is -0.192 e. The van der Waals surface area contributed by atoms with Gasteiger partial charge in [0.1, 0.15) is 0 Å². The van der Waals surface area contributed by atoms with Gasteiger partial charge in [-0.05, 0) is 24.1 Å². The van der Waals surface area contributed by atoms with Gasteiger partial charge >= 0.3 is 0 Å². The van der Waals surface area contributed by atoms with Crippen LogP contribution in [0.3, 0.4) is 0 Å². The molecule has 0 N–H and O–H groups in total. The molecule has 0 aliphatic carbocycles.